The second kappa shape index (κ2) is 6.41. The summed E-state index contributed by atoms with van der Waals surface area (Å²) in [5.74, 6) is -0.427. The summed E-state index contributed by atoms with van der Waals surface area (Å²) in [5.41, 5.74) is -0.583. The Morgan fingerprint density at radius 3 is 2.00 bits per heavy atom. The molecule has 15 heavy (non-hydrogen) atoms. The van der Waals surface area contributed by atoms with E-state index in [1.165, 1.54) is 0 Å². The Bertz CT molecular complexity index is 232. The van der Waals surface area contributed by atoms with Crippen LogP contribution in [0.3, 0.4) is 0 Å². The number of nitriles is 1. The fourth-order valence-electron chi connectivity index (χ4n) is 0.951. The SMILES string of the molecule is CC(C)(C)C(=O)O.N#CC1CCNCC1. The molecule has 0 aromatic carbocycles. The number of carboxylic acids is 1. The minimum atomic E-state index is -0.757. The quantitative estimate of drug-likeness (QED) is 0.640. The lowest BCUT2D eigenvalue weighted by molar-refractivity contribution is -0.145. The van der Waals surface area contributed by atoms with Crippen LogP contribution in [-0.2, 0) is 4.79 Å². The first kappa shape index (κ1) is 13.9. The predicted molar refractivity (Wildman–Crippen MR) is 58.3 cm³/mol. The zero-order chi connectivity index (χ0) is 11.9. The normalized spacial score (nSPS) is 17.2. The number of piperidine rings is 1. The molecule has 1 fully saturated rings. The molecule has 1 aliphatic heterocycles. The molecule has 1 aliphatic rings. The molecule has 0 spiro atoms. The molecular formula is C11H20N2O2. The van der Waals surface area contributed by atoms with Gasteiger partial charge in [0.05, 0.1) is 11.5 Å². The Kier molecular flexibility index (Phi) is 5.95. The van der Waals surface area contributed by atoms with E-state index in [2.05, 4.69) is 11.4 Å². The second-order valence-electron chi connectivity index (χ2n) is 4.71. The Labute approximate surface area is 91.3 Å². The third-order valence-corrected chi connectivity index (χ3v) is 2.16. The molecule has 0 amide bonds. The molecule has 4 heteroatoms. The van der Waals surface area contributed by atoms with Gasteiger partial charge in [-0.1, -0.05) is 0 Å². The minimum Gasteiger partial charge on any atom is -0.481 e. The van der Waals surface area contributed by atoms with Gasteiger partial charge < -0.3 is 10.4 Å². The van der Waals surface area contributed by atoms with Gasteiger partial charge in [-0.2, -0.15) is 5.26 Å². The molecule has 0 aromatic heterocycles. The summed E-state index contributed by atoms with van der Waals surface area (Å²) >= 11 is 0. The third kappa shape index (κ3) is 6.92. The van der Waals surface area contributed by atoms with Crippen molar-refractivity contribution in [3.05, 3.63) is 0 Å². The highest BCUT2D eigenvalue weighted by Gasteiger charge is 2.18. The van der Waals surface area contributed by atoms with Gasteiger partial charge in [0.25, 0.3) is 0 Å². The van der Waals surface area contributed by atoms with Crippen molar-refractivity contribution < 1.29 is 9.90 Å². The fourth-order valence-corrected chi connectivity index (χ4v) is 0.951. The maximum atomic E-state index is 10.0. The van der Waals surface area contributed by atoms with Crippen molar-refractivity contribution in [3.8, 4) is 6.07 Å². The highest BCUT2D eigenvalue weighted by molar-refractivity contribution is 5.72. The fraction of sp³-hybridized carbons (Fsp3) is 0.818. The molecule has 0 bridgehead atoms. The maximum absolute atomic E-state index is 10.0. The van der Waals surface area contributed by atoms with Gasteiger partial charge in [-0.15, -0.1) is 0 Å². The van der Waals surface area contributed by atoms with E-state index in [-0.39, 0.29) is 0 Å². The van der Waals surface area contributed by atoms with Crippen LogP contribution < -0.4 is 5.32 Å². The molecule has 4 nitrogen and oxygen atoms in total. The summed E-state index contributed by atoms with van der Waals surface area (Å²) in [6.45, 7) is 7.04. The van der Waals surface area contributed by atoms with Crippen LogP contribution in [-0.4, -0.2) is 24.2 Å². The monoisotopic (exact) mass is 212 g/mol. The van der Waals surface area contributed by atoms with Crippen LogP contribution in [0.2, 0.25) is 0 Å². The predicted octanol–water partition coefficient (Wildman–Crippen LogP) is 1.63. The van der Waals surface area contributed by atoms with Crippen molar-refractivity contribution in [1.82, 2.24) is 5.32 Å². The molecular weight excluding hydrogens is 192 g/mol. The van der Waals surface area contributed by atoms with Gasteiger partial charge in [0, 0.05) is 5.92 Å². The lowest BCUT2D eigenvalue weighted by Gasteiger charge is -2.15. The van der Waals surface area contributed by atoms with Crippen molar-refractivity contribution in [1.29, 1.82) is 5.26 Å². The molecule has 1 rings (SSSR count). The van der Waals surface area contributed by atoms with Crippen molar-refractivity contribution in [3.63, 3.8) is 0 Å². The maximum Gasteiger partial charge on any atom is 0.308 e. The minimum absolute atomic E-state index is 0.330. The average Bonchev–Trinajstić information content (AvgIpc) is 2.18. The topological polar surface area (TPSA) is 73.1 Å². The zero-order valence-corrected chi connectivity index (χ0v) is 9.71. The molecule has 2 N–H and O–H groups in total. The Hall–Kier alpha value is -1.08. The van der Waals surface area contributed by atoms with Crippen molar-refractivity contribution in [2.45, 2.75) is 33.6 Å². The van der Waals surface area contributed by atoms with Crippen molar-refractivity contribution in [2.75, 3.05) is 13.1 Å². The summed E-state index contributed by atoms with van der Waals surface area (Å²) in [7, 11) is 0. The Balaban J connectivity index is 0.000000265. The van der Waals surface area contributed by atoms with Crippen LogP contribution in [0, 0.1) is 22.7 Å². The number of nitrogens with one attached hydrogen (secondary N) is 1. The molecule has 0 radical (unpaired) electrons. The zero-order valence-electron chi connectivity index (χ0n) is 9.71. The van der Waals surface area contributed by atoms with E-state index in [9.17, 15) is 4.79 Å². The van der Waals surface area contributed by atoms with Gasteiger partial charge in [0.2, 0.25) is 0 Å². The smallest absolute Gasteiger partial charge is 0.308 e. The van der Waals surface area contributed by atoms with Gasteiger partial charge in [-0.25, -0.2) is 0 Å². The average molecular weight is 212 g/mol. The number of carboxylic acid groups (broad SMARTS) is 1. The van der Waals surface area contributed by atoms with Gasteiger partial charge in [0.1, 0.15) is 0 Å². The standard InChI is InChI=1S/C6H10N2.C5H10O2/c7-5-6-1-3-8-4-2-6;1-5(2,3)4(6)7/h6,8H,1-4H2;1-3H3,(H,6,7). The molecule has 1 heterocycles. The van der Waals surface area contributed by atoms with Gasteiger partial charge in [0.15, 0.2) is 0 Å². The van der Waals surface area contributed by atoms with E-state index >= 15 is 0 Å². The van der Waals surface area contributed by atoms with E-state index in [1.54, 1.807) is 20.8 Å². The van der Waals surface area contributed by atoms with Gasteiger partial charge >= 0.3 is 5.97 Å². The number of hydrogen-bond acceptors (Lipinski definition) is 3. The van der Waals surface area contributed by atoms with E-state index in [0.29, 0.717) is 5.92 Å². The molecule has 86 valence electrons. The third-order valence-electron chi connectivity index (χ3n) is 2.16. The van der Waals surface area contributed by atoms with Crippen LogP contribution in [0.25, 0.3) is 0 Å². The summed E-state index contributed by atoms with van der Waals surface area (Å²) in [6.07, 6.45) is 2.08. The van der Waals surface area contributed by atoms with Crippen LogP contribution in [0.5, 0.6) is 0 Å². The second-order valence-corrected chi connectivity index (χ2v) is 4.71. The van der Waals surface area contributed by atoms with Crippen LogP contribution in [0.1, 0.15) is 33.6 Å². The molecule has 0 unspecified atom stereocenters. The van der Waals surface area contributed by atoms with E-state index in [0.717, 1.165) is 25.9 Å². The molecule has 0 atom stereocenters. The lowest BCUT2D eigenvalue weighted by atomic mass is 9.98. The number of aliphatic carboxylic acids is 1. The van der Waals surface area contributed by atoms with Gasteiger partial charge in [-0.05, 0) is 46.7 Å². The lowest BCUT2D eigenvalue weighted by Crippen LogP contribution is -2.26. The first-order chi connectivity index (χ1) is 6.88. The van der Waals surface area contributed by atoms with E-state index < -0.39 is 11.4 Å². The first-order valence-corrected chi connectivity index (χ1v) is 5.21. The largest absolute Gasteiger partial charge is 0.481 e. The van der Waals surface area contributed by atoms with E-state index in [4.69, 9.17) is 10.4 Å². The number of nitrogens with zero attached hydrogens (tertiary/aromatic N) is 1. The summed E-state index contributed by atoms with van der Waals surface area (Å²) in [6, 6.07) is 2.26. The van der Waals surface area contributed by atoms with Crippen molar-refractivity contribution >= 4 is 5.97 Å². The Morgan fingerprint density at radius 2 is 1.80 bits per heavy atom. The summed E-state index contributed by atoms with van der Waals surface area (Å²) in [5, 5.41) is 19.9. The molecule has 0 saturated carbocycles. The Morgan fingerprint density at radius 1 is 1.40 bits per heavy atom. The first-order valence-electron chi connectivity index (χ1n) is 5.21. The molecule has 1 saturated heterocycles. The number of carbonyl (C=O) groups is 1. The van der Waals surface area contributed by atoms with Crippen LogP contribution in [0.4, 0.5) is 0 Å². The highest BCUT2D eigenvalue weighted by Crippen LogP contribution is 2.11. The number of rotatable bonds is 0. The van der Waals surface area contributed by atoms with E-state index in [1.807, 2.05) is 0 Å². The highest BCUT2D eigenvalue weighted by atomic mass is 16.4. The van der Waals surface area contributed by atoms with Crippen LogP contribution in [0.15, 0.2) is 0 Å². The van der Waals surface area contributed by atoms with Gasteiger partial charge in [-0.3, -0.25) is 4.79 Å². The molecule has 0 aromatic rings. The molecule has 0 aliphatic carbocycles. The van der Waals surface area contributed by atoms with Crippen LogP contribution >= 0.6 is 0 Å². The number of hydrogen-bond donors (Lipinski definition) is 2. The summed E-state index contributed by atoms with van der Waals surface area (Å²) in [4.78, 5) is 10.0. The van der Waals surface area contributed by atoms with Crippen molar-refractivity contribution in [2.24, 2.45) is 11.3 Å². The summed E-state index contributed by atoms with van der Waals surface area (Å²) < 4.78 is 0.